The molecule has 2 fully saturated rings. The first-order chi connectivity index (χ1) is 31.0. The Morgan fingerprint density at radius 2 is 1.43 bits per heavy atom. The van der Waals surface area contributed by atoms with Crippen molar-refractivity contribution in [3.63, 3.8) is 0 Å². The molecule has 374 valence electrons. The number of hydrogen-bond acceptors (Lipinski definition) is 16. The number of Topliss-reactive ketones (excluding diaryl/α,β-unsaturated/α-hetero) is 1. The maximum Gasteiger partial charge on any atom is 0.472 e. The van der Waals surface area contributed by atoms with Crippen LogP contribution in [0, 0.1) is 11.8 Å². The summed E-state index contributed by atoms with van der Waals surface area (Å²) < 4.78 is 34.5. The predicted molar refractivity (Wildman–Crippen MR) is 242 cm³/mol. The molecule has 1 unspecified atom stereocenters. The van der Waals surface area contributed by atoms with E-state index in [1.807, 2.05) is 6.92 Å². The van der Waals surface area contributed by atoms with Gasteiger partial charge in [0.15, 0.2) is 6.10 Å². The van der Waals surface area contributed by atoms with Gasteiger partial charge in [-0.15, -0.1) is 0 Å². The van der Waals surface area contributed by atoms with E-state index in [1.54, 1.807) is 0 Å². The number of hydrogen-bond donors (Lipinski definition) is 9. The van der Waals surface area contributed by atoms with E-state index >= 15 is 0 Å². The molecule has 1 aliphatic heterocycles. The smallest absolute Gasteiger partial charge is 0.462 e. The summed E-state index contributed by atoms with van der Waals surface area (Å²) in [6.07, 6.45) is 4.80. The first-order valence-electron chi connectivity index (χ1n) is 23.6. The van der Waals surface area contributed by atoms with Crippen molar-refractivity contribution in [2.75, 3.05) is 13.2 Å². The first kappa shape index (κ1) is 58.5. The minimum atomic E-state index is -5.49. The largest absolute Gasteiger partial charge is 0.472 e. The van der Waals surface area contributed by atoms with Crippen molar-refractivity contribution >= 4 is 25.5 Å². The highest BCUT2D eigenvalue weighted by atomic mass is 31.2. The van der Waals surface area contributed by atoms with Crippen molar-refractivity contribution in [2.45, 2.75) is 203 Å². The highest BCUT2D eigenvalue weighted by Crippen LogP contribution is 2.47. The average molecular weight is 947 g/mol. The van der Waals surface area contributed by atoms with Gasteiger partial charge in [-0.2, -0.15) is 0 Å². The van der Waals surface area contributed by atoms with Crippen LogP contribution < -0.4 is 0 Å². The van der Waals surface area contributed by atoms with E-state index in [2.05, 4.69) is 43.4 Å². The zero-order valence-electron chi connectivity index (χ0n) is 38.3. The molecular formula is C47H79O17P. The van der Waals surface area contributed by atoms with Crippen LogP contribution >= 0.6 is 7.82 Å². The number of carbonyl (C=O) groups excluding carboxylic acids is 3. The molecule has 1 saturated heterocycles. The lowest BCUT2D eigenvalue weighted by Gasteiger charge is -2.37. The molecule has 0 aromatic heterocycles. The van der Waals surface area contributed by atoms with Gasteiger partial charge in [-0.25, -0.2) is 4.57 Å². The number of phosphoric acid groups is 1. The minimum Gasteiger partial charge on any atom is -0.462 e. The van der Waals surface area contributed by atoms with Crippen LogP contribution in [0.4, 0.5) is 0 Å². The summed E-state index contributed by atoms with van der Waals surface area (Å²) in [6.45, 7) is 2.58. The Balaban J connectivity index is 2.20. The van der Waals surface area contributed by atoms with Crippen molar-refractivity contribution < 1.29 is 83.2 Å². The Bertz CT molecular complexity index is 1520. The lowest BCUT2D eigenvalue weighted by molar-refractivity contribution is -0.168. The van der Waals surface area contributed by atoms with Gasteiger partial charge in [0.25, 0.3) is 0 Å². The molecule has 0 aromatic rings. The highest BCUT2D eigenvalue weighted by Gasteiger charge is 2.49. The second-order valence-electron chi connectivity index (χ2n) is 17.2. The molecule has 1 saturated carbocycles. The van der Waals surface area contributed by atoms with Gasteiger partial charge in [0.05, 0.1) is 37.1 Å². The fraction of sp³-hybridized carbons (Fsp3) is 0.766. The third kappa shape index (κ3) is 23.8. The van der Waals surface area contributed by atoms with Gasteiger partial charge < -0.3 is 55.2 Å². The van der Waals surface area contributed by atoms with E-state index < -0.39 is 124 Å². The Morgan fingerprint density at radius 1 is 0.785 bits per heavy atom. The summed E-state index contributed by atoms with van der Waals surface area (Å²) in [4.78, 5) is 49.6. The molecule has 0 amide bonds. The molecule has 0 aromatic carbocycles. The van der Waals surface area contributed by atoms with Crippen LogP contribution in [0.5, 0.6) is 0 Å². The van der Waals surface area contributed by atoms with Crippen molar-refractivity contribution in [1.82, 2.24) is 0 Å². The third-order valence-corrected chi connectivity index (χ3v) is 12.6. The van der Waals surface area contributed by atoms with Crippen molar-refractivity contribution in [1.29, 1.82) is 0 Å². The van der Waals surface area contributed by atoms with Gasteiger partial charge in [0.2, 0.25) is 0 Å². The van der Waals surface area contributed by atoms with Crippen LogP contribution in [0.3, 0.4) is 0 Å². The van der Waals surface area contributed by atoms with E-state index in [0.717, 1.165) is 64.2 Å². The molecule has 65 heavy (non-hydrogen) atoms. The summed E-state index contributed by atoms with van der Waals surface area (Å²) in [5, 5.41) is 89.9. The Kier molecular flexibility index (Phi) is 29.7. The number of phosphoric ester groups is 1. The number of esters is 2. The fourth-order valence-corrected chi connectivity index (χ4v) is 8.69. The van der Waals surface area contributed by atoms with E-state index in [9.17, 15) is 64.7 Å². The van der Waals surface area contributed by atoms with Gasteiger partial charge in [0, 0.05) is 43.9 Å². The average Bonchev–Trinajstić information content (AvgIpc) is 3.27. The molecule has 0 radical (unpaired) electrons. The molecule has 2 bridgehead atoms. The van der Waals surface area contributed by atoms with Gasteiger partial charge >= 0.3 is 19.8 Å². The highest BCUT2D eigenvalue weighted by molar-refractivity contribution is 7.47. The van der Waals surface area contributed by atoms with E-state index in [-0.39, 0.29) is 32.1 Å². The van der Waals surface area contributed by atoms with E-state index in [0.29, 0.717) is 19.3 Å². The Morgan fingerprint density at radius 3 is 2.14 bits per heavy atom. The summed E-state index contributed by atoms with van der Waals surface area (Å²) in [5.74, 6) is -5.03. The maximum atomic E-state index is 13.5. The number of rotatable bonds is 21. The number of aliphatic hydroxyl groups is 8. The topological polar surface area (TPSA) is 287 Å². The van der Waals surface area contributed by atoms with Crippen LogP contribution in [0.1, 0.15) is 142 Å². The number of fused-ring (bicyclic) bond motifs is 4. The molecule has 13 atom stereocenters. The van der Waals surface area contributed by atoms with Crippen LogP contribution in [-0.4, -0.2) is 138 Å². The monoisotopic (exact) mass is 947 g/mol. The third-order valence-electron chi connectivity index (χ3n) is 11.6. The number of ketones is 1. The zero-order chi connectivity index (χ0) is 48.2. The summed E-state index contributed by atoms with van der Waals surface area (Å²) in [7, 11) is -5.49. The van der Waals surface area contributed by atoms with Crippen molar-refractivity contribution in [3.8, 4) is 0 Å². The van der Waals surface area contributed by atoms with Crippen LogP contribution in [-0.2, 0) is 37.5 Å². The lowest BCUT2D eigenvalue weighted by Crippen LogP contribution is -2.56. The number of allylic oxidation sites excluding steroid dienone is 6. The molecule has 17 nitrogen and oxygen atoms in total. The number of unbranched alkanes of at least 4 members (excludes halogenated alkanes) is 7. The number of ether oxygens (including phenoxy) is 2. The Hall–Kier alpha value is -2.64. The Labute approximate surface area is 384 Å². The molecule has 9 N–H and O–H groups in total. The molecule has 2 aliphatic rings. The van der Waals surface area contributed by atoms with Crippen LogP contribution in [0.25, 0.3) is 0 Å². The van der Waals surface area contributed by atoms with Crippen molar-refractivity contribution in [2.24, 2.45) is 11.8 Å². The van der Waals surface area contributed by atoms with Gasteiger partial charge in [-0.05, 0) is 57.8 Å². The SMILES string of the molecule is CC/C=C\C/C=C\C/C=C\CCCCCCCC(=O)OC[C@@H]1COP(=O)(O)O[C@H]2[C@H](O)[C@@H](O)[C@H](O)[C@@H](CC(=O)CCCCC(=O)O1)[C@@H](O)C[C@@H](O)[C@H](/C=C/[C@@H](O)CCCCC)[C@@H](O)[C@H]2O. The fourth-order valence-electron chi connectivity index (χ4n) is 7.71. The number of aliphatic hydroxyl groups excluding tert-OH is 8. The first-order valence-corrected chi connectivity index (χ1v) is 25.1. The number of cyclic esters (lactones) is 1. The van der Waals surface area contributed by atoms with Gasteiger partial charge in [-0.3, -0.25) is 23.4 Å². The van der Waals surface area contributed by atoms with Crippen LogP contribution in [0.2, 0.25) is 0 Å². The molecule has 1 aliphatic carbocycles. The molecule has 0 spiro atoms. The number of carbonyl (C=O) groups is 3. The van der Waals surface area contributed by atoms with Gasteiger partial charge in [-0.1, -0.05) is 101 Å². The normalized spacial score (nSPS) is 32.5. The van der Waals surface area contributed by atoms with E-state index in [4.69, 9.17) is 18.5 Å². The summed E-state index contributed by atoms with van der Waals surface area (Å²) >= 11 is 0. The second kappa shape index (κ2) is 33.0. The quantitative estimate of drug-likeness (QED) is 0.0325. The molecule has 1 heterocycles. The molecule has 18 heteroatoms. The van der Waals surface area contributed by atoms with Crippen molar-refractivity contribution in [3.05, 3.63) is 48.6 Å². The second-order valence-corrected chi connectivity index (χ2v) is 18.6. The maximum absolute atomic E-state index is 13.5. The predicted octanol–water partition coefficient (Wildman–Crippen LogP) is 4.73. The van der Waals surface area contributed by atoms with E-state index in [1.165, 1.54) is 12.2 Å². The van der Waals surface area contributed by atoms with Gasteiger partial charge in [0.1, 0.15) is 36.8 Å². The summed E-state index contributed by atoms with van der Waals surface area (Å²) in [5.41, 5.74) is 0. The molecular weight excluding hydrogens is 867 g/mol. The minimum absolute atomic E-state index is 0.0609. The zero-order valence-corrected chi connectivity index (χ0v) is 39.2. The van der Waals surface area contributed by atoms with Crippen LogP contribution in [0.15, 0.2) is 48.6 Å². The summed E-state index contributed by atoms with van der Waals surface area (Å²) in [6, 6.07) is 0. The molecule has 2 rings (SSSR count). The standard InChI is InChI=1S/C47H79O17P/c1-3-5-7-8-9-10-11-12-13-14-15-16-17-18-20-25-40(52)61-31-35-32-62-65(59,60)64-47-45(57)42(54)36(28-27-33(48)23-19-6-4-2)38(50)30-39(51)37(43(55)44(56)46(47)58)29-34(49)24-21-22-26-41(53)63-35/h5,7,9-10,12-13,27-28,33,35-39,42-48,50-51,54-58H,3-4,6,8,11,14-26,29-32H2,1-2H3,(H,59,60)/b7-5-,10-9-,13-12-,28-27+/t33-,35+,36-,37-,38+,39-,42+,43+,44-,45+,46+,47+/m0/s1. The lowest BCUT2D eigenvalue weighted by atomic mass is 9.82.